The van der Waals surface area contributed by atoms with Gasteiger partial charge in [-0.2, -0.15) is 0 Å². The summed E-state index contributed by atoms with van der Waals surface area (Å²) in [7, 11) is 0. The van der Waals surface area contributed by atoms with E-state index in [4.69, 9.17) is 4.74 Å². The van der Waals surface area contributed by atoms with Gasteiger partial charge in [-0.1, -0.05) is 12.1 Å². The van der Waals surface area contributed by atoms with Gasteiger partial charge in [-0.25, -0.2) is 4.39 Å². The van der Waals surface area contributed by atoms with E-state index in [-0.39, 0.29) is 23.5 Å². The normalized spacial score (nSPS) is 29.3. The van der Waals surface area contributed by atoms with Crippen molar-refractivity contribution in [2.24, 2.45) is 11.3 Å². The molecule has 1 aromatic carbocycles. The highest BCUT2D eigenvalue weighted by atomic mass is 19.1. The third kappa shape index (κ3) is 4.76. The van der Waals surface area contributed by atoms with Crippen molar-refractivity contribution in [3.8, 4) is 0 Å². The Morgan fingerprint density at radius 2 is 1.90 bits per heavy atom. The highest BCUT2D eigenvalue weighted by Crippen LogP contribution is 2.48. The van der Waals surface area contributed by atoms with Crippen LogP contribution >= 0.6 is 0 Å². The van der Waals surface area contributed by atoms with E-state index in [1.54, 1.807) is 17.0 Å². The summed E-state index contributed by atoms with van der Waals surface area (Å²) in [6.45, 7) is 4.08. The van der Waals surface area contributed by atoms with E-state index in [2.05, 4.69) is 10.2 Å². The molecule has 2 N–H and O–H groups in total. The van der Waals surface area contributed by atoms with Crippen molar-refractivity contribution in [1.82, 2.24) is 15.1 Å². The zero-order valence-electron chi connectivity index (χ0n) is 17.9. The second-order valence-electron chi connectivity index (χ2n) is 9.00. The van der Waals surface area contributed by atoms with Gasteiger partial charge in [-0.15, -0.1) is 0 Å². The molecule has 0 unspecified atom stereocenters. The Morgan fingerprint density at radius 3 is 2.61 bits per heavy atom. The third-order valence-corrected chi connectivity index (χ3v) is 7.35. The van der Waals surface area contributed by atoms with Crippen LogP contribution < -0.4 is 5.32 Å². The molecule has 31 heavy (non-hydrogen) atoms. The lowest BCUT2D eigenvalue weighted by molar-refractivity contribution is -0.152. The number of halogens is 1. The van der Waals surface area contributed by atoms with E-state index in [0.29, 0.717) is 32.1 Å². The molecule has 170 valence electrons. The molecule has 3 fully saturated rings. The number of likely N-dealkylation sites (tertiary alicyclic amines) is 1. The molecule has 0 aromatic heterocycles. The quantitative estimate of drug-likeness (QED) is 0.728. The van der Waals surface area contributed by atoms with Crippen molar-refractivity contribution >= 4 is 11.8 Å². The Labute approximate surface area is 182 Å². The number of ether oxygens (including phenoxy) is 1. The molecule has 3 aliphatic rings. The number of hydrogen-bond acceptors (Lipinski definition) is 5. The molecule has 0 bridgehead atoms. The second-order valence-corrected chi connectivity index (χ2v) is 9.00. The number of carbonyl (C=O) groups is 2. The number of rotatable bonds is 5. The molecule has 1 aliphatic carbocycles. The summed E-state index contributed by atoms with van der Waals surface area (Å²) in [5.41, 5.74) is 0.190. The van der Waals surface area contributed by atoms with E-state index < -0.39 is 12.0 Å². The zero-order valence-corrected chi connectivity index (χ0v) is 17.9. The Hall–Kier alpha value is -2.03. The molecule has 2 aliphatic heterocycles. The summed E-state index contributed by atoms with van der Waals surface area (Å²) < 4.78 is 18.7. The number of benzene rings is 1. The van der Waals surface area contributed by atoms with Gasteiger partial charge in [-0.05, 0) is 49.3 Å². The molecule has 1 saturated carbocycles. The number of hydrogen-bond donors (Lipinski definition) is 2. The average Bonchev–Trinajstić information content (AvgIpc) is 2.82. The van der Waals surface area contributed by atoms with E-state index in [1.807, 2.05) is 0 Å². The summed E-state index contributed by atoms with van der Waals surface area (Å²) in [4.78, 5) is 29.9. The first kappa shape index (κ1) is 22.2. The van der Waals surface area contributed by atoms with Gasteiger partial charge in [0.15, 0.2) is 0 Å². The van der Waals surface area contributed by atoms with Gasteiger partial charge in [0.25, 0.3) is 0 Å². The standard InChI is InChI=1S/C23H32FN3O4/c24-19-3-1-17(2-4-19)14-25-22(30)23-7-5-20(26-9-11-31-12-10-26)13-18(23)6-8-27(16-23)21(29)15-28/h1-4,18,20,28H,5-16H2,(H,25,30)/t18-,20+,23-/m1/s1. The lowest BCUT2D eigenvalue weighted by Gasteiger charge is -2.53. The minimum Gasteiger partial charge on any atom is -0.387 e. The van der Waals surface area contributed by atoms with E-state index in [1.165, 1.54) is 12.1 Å². The summed E-state index contributed by atoms with van der Waals surface area (Å²) in [5.74, 6) is -0.484. The largest absolute Gasteiger partial charge is 0.387 e. The van der Waals surface area contributed by atoms with Gasteiger partial charge in [0.05, 0.1) is 18.6 Å². The molecule has 8 heteroatoms. The van der Waals surface area contributed by atoms with E-state index >= 15 is 0 Å². The molecule has 7 nitrogen and oxygen atoms in total. The number of fused-ring (bicyclic) bond motifs is 1. The van der Waals surface area contributed by atoms with Crippen molar-refractivity contribution in [3.05, 3.63) is 35.6 Å². The molecule has 0 radical (unpaired) electrons. The van der Waals surface area contributed by atoms with Gasteiger partial charge >= 0.3 is 0 Å². The number of morpholine rings is 1. The van der Waals surface area contributed by atoms with Crippen LogP contribution in [-0.2, 0) is 20.9 Å². The predicted molar refractivity (Wildman–Crippen MR) is 112 cm³/mol. The summed E-state index contributed by atoms with van der Waals surface area (Å²) in [5, 5.41) is 12.4. The number of carbonyl (C=O) groups excluding carboxylic acids is 2. The van der Waals surface area contributed by atoms with Crippen LogP contribution in [0, 0.1) is 17.2 Å². The first-order valence-corrected chi connectivity index (χ1v) is 11.2. The number of aliphatic hydroxyl groups is 1. The van der Waals surface area contributed by atoms with Crippen molar-refractivity contribution in [1.29, 1.82) is 0 Å². The van der Waals surface area contributed by atoms with E-state index in [0.717, 1.165) is 51.1 Å². The monoisotopic (exact) mass is 433 g/mol. The molecule has 1 aromatic rings. The molecule has 2 heterocycles. The van der Waals surface area contributed by atoms with Crippen LogP contribution in [-0.4, -0.2) is 78.8 Å². The SMILES string of the molecule is O=C(CO)N1CC[C@@H]2C[C@@H](N3CCOCC3)CC[C@@]2(C(=O)NCc2ccc(F)cc2)C1. The van der Waals surface area contributed by atoms with Crippen LogP contribution in [0.2, 0.25) is 0 Å². The molecular formula is C23H32FN3O4. The number of nitrogens with zero attached hydrogens (tertiary/aromatic N) is 2. The van der Waals surface area contributed by atoms with Crippen LogP contribution in [0.15, 0.2) is 24.3 Å². The summed E-state index contributed by atoms with van der Waals surface area (Å²) in [6, 6.07) is 6.55. The Balaban J connectivity index is 1.49. The average molecular weight is 434 g/mol. The van der Waals surface area contributed by atoms with Gasteiger partial charge < -0.3 is 20.1 Å². The molecule has 2 saturated heterocycles. The topological polar surface area (TPSA) is 82.1 Å². The molecule has 4 rings (SSSR count). The van der Waals surface area contributed by atoms with Crippen LogP contribution in [0.25, 0.3) is 0 Å². The molecule has 2 amide bonds. The van der Waals surface area contributed by atoms with Gasteiger partial charge in [0.2, 0.25) is 11.8 Å². The maximum atomic E-state index is 13.5. The van der Waals surface area contributed by atoms with Crippen LogP contribution in [0.3, 0.4) is 0 Å². The highest BCUT2D eigenvalue weighted by molar-refractivity contribution is 5.85. The lowest BCUT2D eigenvalue weighted by Crippen LogP contribution is -2.61. The molecule has 0 spiro atoms. The van der Waals surface area contributed by atoms with Gasteiger partial charge in [-0.3, -0.25) is 14.5 Å². The maximum Gasteiger partial charge on any atom is 0.248 e. The first-order valence-electron chi connectivity index (χ1n) is 11.2. The van der Waals surface area contributed by atoms with Crippen molar-refractivity contribution < 1.29 is 23.8 Å². The first-order chi connectivity index (χ1) is 15.0. The van der Waals surface area contributed by atoms with Crippen LogP contribution in [0.4, 0.5) is 4.39 Å². The highest BCUT2D eigenvalue weighted by Gasteiger charge is 2.53. The fourth-order valence-corrected chi connectivity index (χ4v) is 5.55. The zero-order chi connectivity index (χ0) is 21.8. The molecule has 3 atom stereocenters. The van der Waals surface area contributed by atoms with Crippen molar-refractivity contribution in [2.45, 2.75) is 38.3 Å². The Kier molecular flexibility index (Phi) is 6.89. The number of nitrogens with one attached hydrogen (secondary N) is 1. The number of amides is 2. The molecular weight excluding hydrogens is 401 g/mol. The number of piperidine rings is 1. The lowest BCUT2D eigenvalue weighted by atomic mass is 9.60. The van der Waals surface area contributed by atoms with E-state index in [9.17, 15) is 19.1 Å². The maximum absolute atomic E-state index is 13.5. The summed E-state index contributed by atoms with van der Waals surface area (Å²) in [6.07, 6.45) is 3.31. The predicted octanol–water partition coefficient (Wildman–Crippen LogP) is 1.15. The third-order valence-electron chi connectivity index (χ3n) is 7.35. The summed E-state index contributed by atoms with van der Waals surface area (Å²) >= 11 is 0. The fourth-order valence-electron chi connectivity index (χ4n) is 5.55. The van der Waals surface area contributed by atoms with Crippen LogP contribution in [0.5, 0.6) is 0 Å². The van der Waals surface area contributed by atoms with Crippen molar-refractivity contribution in [2.75, 3.05) is 46.0 Å². The minimum atomic E-state index is -0.647. The van der Waals surface area contributed by atoms with Gasteiger partial charge in [0.1, 0.15) is 12.4 Å². The Bertz CT molecular complexity index is 784. The fraction of sp³-hybridized carbons (Fsp3) is 0.652. The van der Waals surface area contributed by atoms with Crippen LogP contribution in [0.1, 0.15) is 31.2 Å². The smallest absolute Gasteiger partial charge is 0.248 e. The minimum absolute atomic E-state index is 0.0438. The van der Waals surface area contributed by atoms with Gasteiger partial charge in [0, 0.05) is 38.8 Å². The number of aliphatic hydroxyl groups excluding tert-OH is 1. The Morgan fingerprint density at radius 1 is 1.16 bits per heavy atom. The second kappa shape index (κ2) is 9.63. The van der Waals surface area contributed by atoms with Crippen molar-refractivity contribution in [3.63, 3.8) is 0 Å².